The van der Waals surface area contributed by atoms with Crippen molar-refractivity contribution in [3.63, 3.8) is 0 Å². The number of rotatable bonds is 4. The molecule has 4 heterocycles. The molecule has 5 N–H and O–H groups in total. The Morgan fingerprint density at radius 3 is 2.77 bits per heavy atom. The van der Waals surface area contributed by atoms with Crippen LogP contribution in [-0.4, -0.2) is 40.7 Å². The second-order valence-corrected chi connectivity index (χ2v) is 7.35. The fourth-order valence-corrected chi connectivity index (χ4v) is 4.18. The monoisotopic (exact) mass is 373 g/mol. The summed E-state index contributed by atoms with van der Waals surface area (Å²) in [5.41, 5.74) is 12.4. The van der Waals surface area contributed by atoms with Crippen molar-refractivity contribution in [2.45, 2.75) is 12.8 Å². The Kier molecular flexibility index (Phi) is 4.25. The number of amides is 1. The molecule has 0 aliphatic carbocycles. The number of hydrogen-bond acceptors (Lipinski definition) is 8. The number of aromatic nitrogens is 2. The highest BCUT2D eigenvalue weighted by Crippen LogP contribution is 2.39. The number of carbonyl (C=O) groups is 1. The fourth-order valence-electron chi connectivity index (χ4n) is 3.24. The molecule has 1 amide bonds. The van der Waals surface area contributed by atoms with Crippen LogP contribution in [0.25, 0.3) is 21.7 Å². The molecule has 3 aromatic heterocycles. The topological polar surface area (TPSA) is 132 Å². The highest BCUT2D eigenvalue weighted by atomic mass is 32.1. The van der Waals surface area contributed by atoms with Gasteiger partial charge < -0.3 is 25.9 Å². The van der Waals surface area contributed by atoms with Gasteiger partial charge in [0.1, 0.15) is 15.4 Å². The summed E-state index contributed by atoms with van der Waals surface area (Å²) in [6.07, 6.45) is 3.33. The number of aliphatic hydroxyl groups is 1. The molecule has 0 aromatic carbocycles. The van der Waals surface area contributed by atoms with Crippen molar-refractivity contribution in [2.75, 3.05) is 30.3 Å². The number of hydrogen-bond donors (Lipinski definition) is 3. The average Bonchev–Trinajstić information content (AvgIpc) is 3.29. The van der Waals surface area contributed by atoms with Gasteiger partial charge in [0.15, 0.2) is 5.76 Å². The first kappa shape index (κ1) is 16.8. The number of carbonyl (C=O) groups excluding carboxylic acids is 1. The second kappa shape index (κ2) is 6.58. The van der Waals surface area contributed by atoms with E-state index in [1.54, 1.807) is 18.4 Å². The van der Waals surface area contributed by atoms with E-state index in [2.05, 4.69) is 14.9 Å². The number of nitrogen functional groups attached to an aromatic ring is 1. The van der Waals surface area contributed by atoms with Crippen LogP contribution in [0.4, 0.5) is 11.6 Å². The lowest BCUT2D eigenvalue weighted by atomic mass is 9.98. The van der Waals surface area contributed by atoms with Crippen LogP contribution >= 0.6 is 11.3 Å². The van der Waals surface area contributed by atoms with E-state index < -0.39 is 5.91 Å². The molecule has 8 nitrogen and oxygen atoms in total. The smallest absolute Gasteiger partial charge is 0.260 e. The molecule has 1 fully saturated rings. The Labute approximate surface area is 153 Å². The van der Waals surface area contributed by atoms with Crippen LogP contribution < -0.4 is 16.4 Å². The lowest BCUT2D eigenvalue weighted by molar-refractivity contribution is 0.100. The molecule has 3 aromatic rings. The number of furan rings is 1. The van der Waals surface area contributed by atoms with E-state index >= 15 is 0 Å². The Bertz CT molecular complexity index is 945. The summed E-state index contributed by atoms with van der Waals surface area (Å²) < 4.78 is 5.52. The van der Waals surface area contributed by atoms with Gasteiger partial charge in [-0.05, 0) is 30.9 Å². The van der Waals surface area contributed by atoms with E-state index in [0.29, 0.717) is 33.5 Å². The van der Waals surface area contributed by atoms with Gasteiger partial charge >= 0.3 is 0 Å². The van der Waals surface area contributed by atoms with Crippen LogP contribution in [0.3, 0.4) is 0 Å². The summed E-state index contributed by atoms with van der Waals surface area (Å²) in [5, 5.41) is 9.92. The number of nitrogens with two attached hydrogens (primary N) is 2. The number of thiophene rings is 1. The normalized spacial score (nSPS) is 15.7. The van der Waals surface area contributed by atoms with Crippen LogP contribution in [0.15, 0.2) is 22.8 Å². The summed E-state index contributed by atoms with van der Waals surface area (Å²) in [4.78, 5) is 24.0. The van der Waals surface area contributed by atoms with Crippen molar-refractivity contribution in [1.29, 1.82) is 0 Å². The molecule has 1 aliphatic heterocycles. The predicted molar refractivity (Wildman–Crippen MR) is 100 cm³/mol. The molecular weight excluding hydrogens is 354 g/mol. The van der Waals surface area contributed by atoms with Crippen LogP contribution in [0.5, 0.6) is 0 Å². The average molecular weight is 373 g/mol. The predicted octanol–water partition coefficient (Wildman–Crippen LogP) is 1.84. The summed E-state index contributed by atoms with van der Waals surface area (Å²) in [6.45, 7) is 1.73. The lowest BCUT2D eigenvalue weighted by Crippen LogP contribution is -2.35. The molecule has 0 saturated carbocycles. The molecule has 0 atom stereocenters. The van der Waals surface area contributed by atoms with Gasteiger partial charge in [-0.2, -0.15) is 0 Å². The SMILES string of the molecule is NC(=O)c1sc2nc(N3CCC(CO)CC3)nc(-c3ccco3)c2c1N. The summed E-state index contributed by atoms with van der Waals surface area (Å²) in [6, 6.07) is 3.57. The molecular formula is C17H19N5O3S. The Hall–Kier alpha value is -2.65. The molecule has 136 valence electrons. The quantitative estimate of drug-likeness (QED) is 0.636. The fraction of sp³-hybridized carbons (Fsp3) is 0.353. The zero-order valence-corrected chi connectivity index (χ0v) is 14.8. The molecule has 0 radical (unpaired) electrons. The third-order valence-corrected chi connectivity index (χ3v) is 5.82. The van der Waals surface area contributed by atoms with Crippen molar-refractivity contribution in [3.05, 3.63) is 23.3 Å². The van der Waals surface area contributed by atoms with E-state index in [4.69, 9.17) is 15.9 Å². The van der Waals surface area contributed by atoms with E-state index in [-0.39, 0.29) is 17.2 Å². The Morgan fingerprint density at radius 1 is 1.38 bits per heavy atom. The lowest BCUT2D eigenvalue weighted by Gasteiger charge is -2.31. The molecule has 0 unspecified atom stereocenters. The van der Waals surface area contributed by atoms with Gasteiger partial charge in [-0.1, -0.05) is 0 Å². The van der Waals surface area contributed by atoms with E-state index in [1.807, 2.05) is 0 Å². The molecule has 26 heavy (non-hydrogen) atoms. The molecule has 0 bridgehead atoms. The van der Waals surface area contributed by atoms with E-state index in [9.17, 15) is 9.90 Å². The summed E-state index contributed by atoms with van der Waals surface area (Å²) in [5.74, 6) is 0.863. The molecule has 0 spiro atoms. The first-order valence-electron chi connectivity index (χ1n) is 8.38. The first-order chi connectivity index (χ1) is 12.6. The van der Waals surface area contributed by atoms with Crippen LogP contribution in [-0.2, 0) is 0 Å². The zero-order valence-electron chi connectivity index (χ0n) is 14.0. The van der Waals surface area contributed by atoms with Gasteiger partial charge in [0.05, 0.1) is 17.3 Å². The molecule has 1 aliphatic rings. The van der Waals surface area contributed by atoms with Gasteiger partial charge in [-0.15, -0.1) is 11.3 Å². The van der Waals surface area contributed by atoms with Gasteiger partial charge in [0.25, 0.3) is 5.91 Å². The highest BCUT2D eigenvalue weighted by Gasteiger charge is 2.25. The second-order valence-electron chi connectivity index (χ2n) is 6.35. The first-order valence-corrected chi connectivity index (χ1v) is 9.19. The van der Waals surface area contributed by atoms with Gasteiger partial charge in [-0.3, -0.25) is 4.79 Å². The number of anilines is 2. The minimum absolute atomic E-state index is 0.203. The maximum atomic E-state index is 11.7. The maximum Gasteiger partial charge on any atom is 0.260 e. The number of nitrogens with zero attached hydrogens (tertiary/aromatic N) is 3. The van der Waals surface area contributed by atoms with Crippen LogP contribution in [0, 0.1) is 5.92 Å². The third kappa shape index (κ3) is 2.78. The van der Waals surface area contributed by atoms with E-state index in [1.165, 1.54) is 11.3 Å². The number of piperidine rings is 1. The van der Waals surface area contributed by atoms with Gasteiger partial charge in [-0.25, -0.2) is 9.97 Å². The number of aliphatic hydroxyl groups excluding tert-OH is 1. The van der Waals surface area contributed by atoms with Gasteiger partial charge in [0, 0.05) is 19.7 Å². The van der Waals surface area contributed by atoms with Crippen LogP contribution in [0.2, 0.25) is 0 Å². The highest BCUT2D eigenvalue weighted by molar-refractivity contribution is 7.21. The standard InChI is InChI=1S/C17H19N5O3S/c18-12-11-13(10-2-1-7-25-10)20-17(21-16(11)26-14(12)15(19)24)22-5-3-9(8-23)4-6-22/h1-2,7,9,23H,3-6,8,18H2,(H2,19,24). The molecule has 9 heteroatoms. The van der Waals surface area contributed by atoms with Gasteiger partial charge in [0.2, 0.25) is 5.95 Å². The largest absolute Gasteiger partial charge is 0.463 e. The van der Waals surface area contributed by atoms with Crippen LogP contribution in [0.1, 0.15) is 22.5 Å². The molecule has 4 rings (SSSR count). The van der Waals surface area contributed by atoms with Crippen molar-refractivity contribution >= 4 is 39.1 Å². The summed E-state index contributed by atoms with van der Waals surface area (Å²) >= 11 is 1.17. The maximum absolute atomic E-state index is 11.7. The van der Waals surface area contributed by atoms with Crippen molar-refractivity contribution in [3.8, 4) is 11.5 Å². The minimum Gasteiger partial charge on any atom is -0.463 e. The van der Waals surface area contributed by atoms with E-state index in [0.717, 1.165) is 25.9 Å². The number of primary amides is 1. The molecule has 1 saturated heterocycles. The minimum atomic E-state index is -0.582. The van der Waals surface area contributed by atoms with Crippen molar-refractivity contribution < 1.29 is 14.3 Å². The summed E-state index contributed by atoms with van der Waals surface area (Å²) in [7, 11) is 0. The van der Waals surface area contributed by atoms with Crippen molar-refractivity contribution in [2.24, 2.45) is 11.7 Å². The van der Waals surface area contributed by atoms with Crippen molar-refractivity contribution in [1.82, 2.24) is 9.97 Å². The third-order valence-electron chi connectivity index (χ3n) is 4.71. The Morgan fingerprint density at radius 2 is 2.15 bits per heavy atom. The Balaban J connectivity index is 1.84. The zero-order chi connectivity index (χ0) is 18.3. The number of fused-ring (bicyclic) bond motifs is 1.